The molecule has 0 aromatic rings. The number of aliphatic carboxylic acids is 1. The van der Waals surface area contributed by atoms with Crippen LogP contribution in [-0.4, -0.2) is 87.4 Å². The van der Waals surface area contributed by atoms with Crippen molar-refractivity contribution in [2.24, 2.45) is 0 Å². The molecule has 0 amide bonds. The van der Waals surface area contributed by atoms with Crippen molar-refractivity contribution in [1.29, 1.82) is 0 Å². The summed E-state index contributed by atoms with van der Waals surface area (Å²) in [5, 5.41) is 9.71. The molecule has 0 aliphatic heterocycles. The van der Waals surface area contributed by atoms with Crippen molar-refractivity contribution in [1.82, 2.24) is 0 Å². The highest BCUT2D eigenvalue weighted by atomic mass is 16.7. The minimum atomic E-state index is -1.54. The molecule has 0 aliphatic rings. The van der Waals surface area contributed by atoms with Crippen LogP contribution >= 0.6 is 0 Å². The molecule has 0 aromatic carbocycles. The van der Waals surface area contributed by atoms with E-state index in [0.29, 0.717) is 23.9 Å². The van der Waals surface area contributed by atoms with Crippen LogP contribution in [0, 0.1) is 0 Å². The number of hydrogen-bond acceptors (Lipinski definition) is 7. The Morgan fingerprint density at radius 2 is 0.687 bits per heavy atom. The van der Waals surface area contributed by atoms with E-state index in [2.05, 4.69) is 196 Å². The van der Waals surface area contributed by atoms with Gasteiger partial charge in [0.15, 0.2) is 6.10 Å². The molecule has 0 spiro atoms. The average Bonchev–Trinajstić information content (AvgIpc) is 3.46. The zero-order valence-electron chi connectivity index (χ0n) is 52.8. The first-order chi connectivity index (χ1) is 40.6. The van der Waals surface area contributed by atoms with Gasteiger partial charge in [0.05, 0.1) is 34.4 Å². The molecule has 0 rings (SSSR count). The summed E-state index contributed by atoms with van der Waals surface area (Å²) in [7, 11) is 5.93. The largest absolute Gasteiger partial charge is 0.477 e. The molecule has 9 nitrogen and oxygen atoms in total. The molecule has 0 saturated heterocycles. The maximum atomic E-state index is 12.9. The number of unbranched alkanes of at least 4 members (excludes halogenated alkanes) is 11. The second kappa shape index (κ2) is 62.4. The number of allylic oxidation sites excluding steroid dienone is 30. The summed E-state index contributed by atoms with van der Waals surface area (Å²) in [4.78, 5) is 37.5. The van der Waals surface area contributed by atoms with Crippen LogP contribution in [0.25, 0.3) is 0 Å². The quantitative estimate of drug-likeness (QED) is 0.0211. The number of carboxylic acids is 1. The van der Waals surface area contributed by atoms with Gasteiger partial charge in [-0.2, -0.15) is 0 Å². The van der Waals surface area contributed by atoms with E-state index in [-0.39, 0.29) is 38.6 Å². The standard InChI is InChI=1S/C74H115NO8/c1-6-8-10-12-14-16-18-20-22-24-26-27-28-29-30-31-32-33-34-35-36-37-38-39-40-41-42-43-44-45-47-49-51-53-55-57-59-61-63-65-72(77)83-70(69-82-74(73(78)79)80-67-66-75(3,4)5)68-81-71(76)64-62-60-58-56-54-52-50-48-46-25-23-21-19-17-15-13-11-9-7-2/h8,10,14-17,20-23,26-27,29-30,32-33,35-36,38-39,41-42,44-46,48-49,51,55,57,70,74H,6-7,9,11-13,18-19,24-25,28,31,34,37,40,43,47,50,52-54,56,58-69H2,1-5H3/p+1/b10-8-,16-14-,17-15-,22-20-,23-21-,27-26-,30-29-,33-32-,36-35-,39-38-,42-41-,45-44-,48-46-,51-49-,57-55-. The number of quaternary nitrogens is 1. The van der Waals surface area contributed by atoms with Gasteiger partial charge in [0.2, 0.25) is 0 Å². The Labute approximate surface area is 507 Å². The van der Waals surface area contributed by atoms with Crippen molar-refractivity contribution >= 4 is 17.9 Å². The molecule has 83 heavy (non-hydrogen) atoms. The fraction of sp³-hybridized carbons (Fsp3) is 0.554. The number of esters is 2. The predicted octanol–water partition coefficient (Wildman–Crippen LogP) is 19.7. The third-order valence-corrected chi connectivity index (χ3v) is 12.6. The first kappa shape index (κ1) is 77.4. The zero-order valence-corrected chi connectivity index (χ0v) is 52.8. The van der Waals surface area contributed by atoms with Crippen LogP contribution < -0.4 is 0 Å². The fourth-order valence-electron chi connectivity index (χ4n) is 7.76. The molecule has 0 fully saturated rings. The number of nitrogens with zero attached hydrogens (tertiary/aromatic N) is 1. The number of carboxylic acid groups (broad SMARTS) is 1. The molecule has 0 radical (unpaired) electrons. The Bertz CT molecular complexity index is 2010. The van der Waals surface area contributed by atoms with Crippen LogP contribution in [0.1, 0.15) is 206 Å². The molecular weight excluding hydrogens is 1030 g/mol. The predicted molar refractivity (Wildman–Crippen MR) is 354 cm³/mol. The Morgan fingerprint density at radius 3 is 1.05 bits per heavy atom. The van der Waals surface area contributed by atoms with Crippen LogP contribution in [0.3, 0.4) is 0 Å². The Morgan fingerprint density at radius 1 is 0.373 bits per heavy atom. The van der Waals surface area contributed by atoms with Crippen LogP contribution in [0.15, 0.2) is 182 Å². The molecular formula is C74H116NO8+. The van der Waals surface area contributed by atoms with E-state index < -0.39 is 24.3 Å². The van der Waals surface area contributed by atoms with Crippen LogP contribution in [0.2, 0.25) is 0 Å². The molecule has 2 unspecified atom stereocenters. The molecule has 0 aromatic heterocycles. The summed E-state index contributed by atoms with van der Waals surface area (Å²) >= 11 is 0. The highest BCUT2D eigenvalue weighted by Gasteiger charge is 2.25. The highest BCUT2D eigenvalue weighted by Crippen LogP contribution is 2.12. The first-order valence-corrected chi connectivity index (χ1v) is 31.9. The second-order valence-electron chi connectivity index (χ2n) is 21.6. The van der Waals surface area contributed by atoms with Crippen molar-refractivity contribution < 1.29 is 42.9 Å². The van der Waals surface area contributed by atoms with Gasteiger partial charge >= 0.3 is 17.9 Å². The van der Waals surface area contributed by atoms with E-state index in [1.54, 1.807) is 0 Å². The van der Waals surface area contributed by atoms with Crippen LogP contribution in [0.5, 0.6) is 0 Å². The Kier molecular flexibility index (Phi) is 58.2. The maximum Gasteiger partial charge on any atom is 0.361 e. The van der Waals surface area contributed by atoms with Gasteiger partial charge in [-0.1, -0.05) is 235 Å². The summed E-state index contributed by atoms with van der Waals surface area (Å²) < 4.78 is 22.8. The lowest BCUT2D eigenvalue weighted by Gasteiger charge is -2.25. The molecule has 0 heterocycles. The summed E-state index contributed by atoms with van der Waals surface area (Å²) in [5.74, 6) is -2.11. The smallest absolute Gasteiger partial charge is 0.361 e. The average molecular weight is 1150 g/mol. The summed E-state index contributed by atoms with van der Waals surface area (Å²) in [5.41, 5.74) is 0. The van der Waals surface area contributed by atoms with Gasteiger partial charge in [0, 0.05) is 12.8 Å². The van der Waals surface area contributed by atoms with E-state index >= 15 is 0 Å². The van der Waals surface area contributed by atoms with Gasteiger partial charge in [0.1, 0.15) is 13.2 Å². The number of ether oxygens (including phenoxy) is 4. The van der Waals surface area contributed by atoms with Gasteiger partial charge in [-0.3, -0.25) is 9.59 Å². The molecule has 1 N–H and O–H groups in total. The Balaban J connectivity index is 4.34. The minimum Gasteiger partial charge on any atom is -0.477 e. The normalized spacial score (nSPS) is 14.0. The number of carbonyl (C=O) groups excluding carboxylic acids is 2. The minimum absolute atomic E-state index is 0.166. The van der Waals surface area contributed by atoms with Crippen molar-refractivity contribution in [2.75, 3.05) is 47.5 Å². The Hall–Kier alpha value is -5.61. The van der Waals surface area contributed by atoms with Gasteiger partial charge in [-0.25, -0.2) is 4.79 Å². The molecule has 0 saturated carbocycles. The van der Waals surface area contributed by atoms with Crippen molar-refractivity contribution in [2.45, 2.75) is 219 Å². The highest BCUT2D eigenvalue weighted by molar-refractivity contribution is 5.71. The van der Waals surface area contributed by atoms with E-state index in [4.69, 9.17) is 18.9 Å². The lowest BCUT2D eigenvalue weighted by molar-refractivity contribution is -0.870. The van der Waals surface area contributed by atoms with E-state index in [9.17, 15) is 19.5 Å². The molecule has 2 atom stereocenters. The van der Waals surface area contributed by atoms with Crippen molar-refractivity contribution in [3.05, 3.63) is 182 Å². The van der Waals surface area contributed by atoms with Gasteiger partial charge in [0.25, 0.3) is 6.29 Å². The summed E-state index contributed by atoms with van der Waals surface area (Å²) in [6.07, 6.45) is 92.7. The second-order valence-corrected chi connectivity index (χ2v) is 21.6. The zero-order chi connectivity index (χ0) is 60.5. The number of likely N-dealkylation sites (N-methyl/N-ethyl adjacent to an activating group) is 1. The molecule has 9 heteroatoms. The van der Waals surface area contributed by atoms with E-state index in [1.807, 2.05) is 21.1 Å². The van der Waals surface area contributed by atoms with Crippen LogP contribution in [-0.2, 0) is 33.3 Å². The van der Waals surface area contributed by atoms with Gasteiger partial charge in [-0.15, -0.1) is 0 Å². The first-order valence-electron chi connectivity index (χ1n) is 31.9. The maximum absolute atomic E-state index is 12.9. The summed E-state index contributed by atoms with van der Waals surface area (Å²) in [6.45, 7) is 4.63. The van der Waals surface area contributed by atoms with Gasteiger partial charge < -0.3 is 28.5 Å². The monoisotopic (exact) mass is 1150 g/mol. The summed E-state index contributed by atoms with van der Waals surface area (Å²) in [6, 6.07) is 0. The van der Waals surface area contributed by atoms with Crippen molar-refractivity contribution in [3.8, 4) is 0 Å². The molecule has 0 bridgehead atoms. The van der Waals surface area contributed by atoms with E-state index in [0.717, 1.165) is 141 Å². The topological polar surface area (TPSA) is 108 Å². The van der Waals surface area contributed by atoms with Crippen molar-refractivity contribution in [3.63, 3.8) is 0 Å². The fourth-order valence-corrected chi connectivity index (χ4v) is 7.76. The molecule has 0 aliphatic carbocycles. The van der Waals surface area contributed by atoms with Gasteiger partial charge in [-0.05, 0) is 141 Å². The number of rotatable bonds is 56. The SMILES string of the molecule is CC/C=C\C/C=C\C/C=C\C/C=C\C/C=C\C/C=C\C/C=C\C/C=C\C/C=C\C/C=C\C/C=C\C/C=C\CCCCC(=O)OC(COC(=O)CCCCCCCC/C=C\C/C=C\C/C=C\CCCCC)COC(OCC[N+](C)(C)C)C(=O)O. The third kappa shape index (κ3) is 63.8. The molecule has 464 valence electrons. The lowest BCUT2D eigenvalue weighted by Crippen LogP contribution is -2.40. The third-order valence-electron chi connectivity index (χ3n) is 12.6. The van der Waals surface area contributed by atoms with Crippen LogP contribution in [0.4, 0.5) is 0 Å². The lowest BCUT2D eigenvalue weighted by atomic mass is 10.1. The van der Waals surface area contributed by atoms with E-state index in [1.165, 1.54) is 25.7 Å². The number of carbonyl (C=O) groups is 3. The number of hydrogen-bond donors (Lipinski definition) is 1.